The molecule has 1 fully saturated rings. The second-order valence-corrected chi connectivity index (χ2v) is 5.90. The lowest BCUT2D eigenvalue weighted by Gasteiger charge is -2.12. The number of rotatable bonds is 3. The van der Waals surface area contributed by atoms with Gasteiger partial charge in [-0.2, -0.15) is 0 Å². The topological polar surface area (TPSA) is 49.3 Å². The van der Waals surface area contributed by atoms with Gasteiger partial charge in [0.15, 0.2) is 0 Å². The predicted octanol–water partition coefficient (Wildman–Crippen LogP) is 3.14. The van der Waals surface area contributed by atoms with Gasteiger partial charge in [-0.15, -0.1) is 11.8 Å². The minimum absolute atomic E-state index is 0.0703. The van der Waals surface area contributed by atoms with E-state index in [-0.39, 0.29) is 5.37 Å². The summed E-state index contributed by atoms with van der Waals surface area (Å²) in [4.78, 5) is 10.9. The highest BCUT2D eigenvalue weighted by molar-refractivity contribution is 7.99. The molecule has 1 aliphatic rings. The van der Waals surface area contributed by atoms with Crippen LogP contribution in [-0.4, -0.2) is 22.9 Å². The molecular formula is C16H15NO2S. The van der Waals surface area contributed by atoms with Crippen LogP contribution in [0.25, 0.3) is 11.1 Å². The van der Waals surface area contributed by atoms with Crippen LogP contribution in [0.2, 0.25) is 0 Å². The Balaban J connectivity index is 1.76. The monoisotopic (exact) mass is 285 g/mol. The van der Waals surface area contributed by atoms with Crippen LogP contribution >= 0.6 is 11.8 Å². The number of hydrogen-bond acceptors (Lipinski definition) is 3. The Hall–Kier alpha value is -1.78. The van der Waals surface area contributed by atoms with E-state index < -0.39 is 12.0 Å². The summed E-state index contributed by atoms with van der Waals surface area (Å²) in [5.74, 6) is -0.165. The fourth-order valence-electron chi connectivity index (χ4n) is 2.29. The zero-order valence-electron chi connectivity index (χ0n) is 10.8. The summed E-state index contributed by atoms with van der Waals surface area (Å²) in [7, 11) is 0. The first-order valence-corrected chi connectivity index (χ1v) is 7.55. The Morgan fingerprint density at radius 3 is 2.30 bits per heavy atom. The molecule has 20 heavy (non-hydrogen) atoms. The first-order valence-electron chi connectivity index (χ1n) is 6.50. The molecule has 0 aliphatic carbocycles. The lowest BCUT2D eigenvalue weighted by molar-refractivity contribution is -0.138. The average Bonchev–Trinajstić information content (AvgIpc) is 2.98. The van der Waals surface area contributed by atoms with Crippen molar-refractivity contribution in [3.8, 4) is 11.1 Å². The van der Waals surface area contributed by atoms with Crippen LogP contribution in [0.3, 0.4) is 0 Å². The van der Waals surface area contributed by atoms with Gasteiger partial charge in [-0.1, -0.05) is 54.6 Å². The van der Waals surface area contributed by atoms with E-state index in [9.17, 15) is 4.79 Å². The minimum Gasteiger partial charge on any atom is -0.480 e. The van der Waals surface area contributed by atoms with Gasteiger partial charge in [0.1, 0.15) is 6.04 Å². The van der Waals surface area contributed by atoms with E-state index in [2.05, 4.69) is 41.7 Å². The third-order valence-electron chi connectivity index (χ3n) is 3.40. The van der Waals surface area contributed by atoms with Gasteiger partial charge in [-0.25, -0.2) is 0 Å². The number of carbonyl (C=O) groups is 1. The number of aliphatic carboxylic acids is 1. The third kappa shape index (κ3) is 2.71. The summed E-state index contributed by atoms with van der Waals surface area (Å²) in [6.07, 6.45) is 0. The zero-order valence-corrected chi connectivity index (χ0v) is 11.6. The minimum atomic E-state index is -0.777. The van der Waals surface area contributed by atoms with Gasteiger partial charge in [0.25, 0.3) is 0 Å². The number of benzene rings is 2. The van der Waals surface area contributed by atoms with Crippen molar-refractivity contribution < 1.29 is 9.90 Å². The molecule has 2 atom stereocenters. The van der Waals surface area contributed by atoms with E-state index in [0.29, 0.717) is 5.75 Å². The molecular weight excluding hydrogens is 270 g/mol. The van der Waals surface area contributed by atoms with Crippen molar-refractivity contribution in [2.75, 3.05) is 5.75 Å². The normalized spacial score (nSPS) is 21.8. The Morgan fingerprint density at radius 2 is 1.70 bits per heavy atom. The molecule has 0 spiro atoms. The second kappa shape index (κ2) is 5.69. The Kier molecular flexibility index (Phi) is 3.76. The number of thioether (sulfide) groups is 1. The summed E-state index contributed by atoms with van der Waals surface area (Å²) in [5, 5.41) is 12.2. The molecule has 0 saturated carbocycles. The summed E-state index contributed by atoms with van der Waals surface area (Å²) >= 11 is 1.64. The van der Waals surface area contributed by atoms with Crippen molar-refractivity contribution in [3.63, 3.8) is 0 Å². The lowest BCUT2D eigenvalue weighted by atomic mass is 10.0. The Bertz CT molecular complexity index is 598. The molecule has 1 saturated heterocycles. The fourth-order valence-corrected chi connectivity index (χ4v) is 3.52. The summed E-state index contributed by atoms with van der Waals surface area (Å²) in [6.45, 7) is 0. The van der Waals surface area contributed by atoms with E-state index in [1.54, 1.807) is 11.8 Å². The molecule has 0 aromatic heterocycles. The van der Waals surface area contributed by atoms with Crippen LogP contribution in [0, 0.1) is 0 Å². The van der Waals surface area contributed by atoms with Gasteiger partial charge < -0.3 is 5.11 Å². The van der Waals surface area contributed by atoms with Gasteiger partial charge >= 0.3 is 5.97 Å². The molecule has 3 nitrogen and oxygen atoms in total. The first-order chi connectivity index (χ1) is 9.74. The van der Waals surface area contributed by atoms with Crippen molar-refractivity contribution in [2.24, 2.45) is 0 Å². The molecule has 0 amide bonds. The quantitative estimate of drug-likeness (QED) is 0.909. The number of nitrogens with one attached hydrogen (secondary N) is 1. The largest absolute Gasteiger partial charge is 0.480 e. The maximum absolute atomic E-state index is 10.9. The van der Waals surface area contributed by atoms with E-state index in [1.807, 2.05) is 18.2 Å². The highest BCUT2D eigenvalue weighted by Crippen LogP contribution is 2.33. The van der Waals surface area contributed by atoms with Crippen LogP contribution in [0.1, 0.15) is 10.9 Å². The summed E-state index contributed by atoms with van der Waals surface area (Å²) in [6, 6.07) is 18.1. The number of carboxylic acids is 1. The lowest BCUT2D eigenvalue weighted by Crippen LogP contribution is -2.33. The fraction of sp³-hybridized carbons (Fsp3) is 0.188. The smallest absolute Gasteiger partial charge is 0.321 e. The van der Waals surface area contributed by atoms with Crippen LogP contribution in [0.5, 0.6) is 0 Å². The molecule has 102 valence electrons. The molecule has 1 heterocycles. The van der Waals surface area contributed by atoms with Crippen molar-refractivity contribution in [2.45, 2.75) is 11.4 Å². The molecule has 0 bridgehead atoms. The van der Waals surface area contributed by atoms with E-state index in [0.717, 1.165) is 5.56 Å². The van der Waals surface area contributed by atoms with Gasteiger partial charge in [0.2, 0.25) is 0 Å². The molecule has 0 radical (unpaired) electrons. The van der Waals surface area contributed by atoms with Crippen molar-refractivity contribution in [3.05, 3.63) is 60.2 Å². The van der Waals surface area contributed by atoms with Crippen molar-refractivity contribution in [1.29, 1.82) is 0 Å². The van der Waals surface area contributed by atoms with Gasteiger partial charge in [-0.3, -0.25) is 10.1 Å². The molecule has 1 unspecified atom stereocenters. The van der Waals surface area contributed by atoms with Gasteiger partial charge in [-0.05, 0) is 16.7 Å². The standard InChI is InChI=1S/C16H15NO2S/c18-16(19)14-10-20-15(17-14)13-8-6-12(7-9-13)11-4-2-1-3-5-11/h1-9,14-15,17H,10H2,(H,18,19)/t14-,15?/m1/s1. The maximum atomic E-state index is 10.9. The van der Waals surface area contributed by atoms with Crippen molar-refractivity contribution in [1.82, 2.24) is 5.32 Å². The molecule has 2 aromatic carbocycles. The molecule has 1 aliphatic heterocycles. The number of hydrogen-bond donors (Lipinski definition) is 2. The van der Waals surface area contributed by atoms with Gasteiger partial charge in [0, 0.05) is 5.75 Å². The summed E-state index contributed by atoms with van der Waals surface area (Å²) < 4.78 is 0. The van der Waals surface area contributed by atoms with E-state index >= 15 is 0 Å². The van der Waals surface area contributed by atoms with E-state index in [1.165, 1.54) is 11.1 Å². The van der Waals surface area contributed by atoms with Gasteiger partial charge in [0.05, 0.1) is 5.37 Å². The Labute approximate surface area is 122 Å². The molecule has 2 N–H and O–H groups in total. The highest BCUT2D eigenvalue weighted by Gasteiger charge is 2.30. The van der Waals surface area contributed by atoms with Crippen LogP contribution in [0.4, 0.5) is 0 Å². The molecule has 4 heteroatoms. The second-order valence-electron chi connectivity index (χ2n) is 4.76. The number of carboxylic acid groups (broad SMARTS) is 1. The third-order valence-corrected chi connectivity index (χ3v) is 4.67. The Morgan fingerprint density at radius 1 is 1.05 bits per heavy atom. The van der Waals surface area contributed by atoms with Crippen LogP contribution in [-0.2, 0) is 4.79 Å². The maximum Gasteiger partial charge on any atom is 0.321 e. The average molecular weight is 285 g/mol. The summed E-state index contributed by atoms with van der Waals surface area (Å²) in [5.41, 5.74) is 3.49. The molecule has 3 rings (SSSR count). The predicted molar refractivity (Wildman–Crippen MR) is 81.6 cm³/mol. The van der Waals surface area contributed by atoms with Crippen LogP contribution in [0.15, 0.2) is 54.6 Å². The van der Waals surface area contributed by atoms with Crippen molar-refractivity contribution >= 4 is 17.7 Å². The molecule has 2 aromatic rings. The highest BCUT2D eigenvalue weighted by atomic mass is 32.2. The zero-order chi connectivity index (χ0) is 13.9. The SMILES string of the molecule is O=C(O)[C@H]1CSC(c2ccc(-c3ccccc3)cc2)N1. The van der Waals surface area contributed by atoms with E-state index in [4.69, 9.17) is 5.11 Å². The van der Waals surface area contributed by atoms with Crippen LogP contribution < -0.4 is 5.32 Å². The first kappa shape index (κ1) is 13.2.